The minimum absolute atomic E-state index is 0.0161. The van der Waals surface area contributed by atoms with Crippen LogP contribution in [0.25, 0.3) is 0 Å². The molecule has 0 spiro atoms. The number of esters is 1. The predicted octanol–water partition coefficient (Wildman–Crippen LogP) is 2.02. The average molecular weight is 464 g/mol. The van der Waals surface area contributed by atoms with Gasteiger partial charge in [-0.1, -0.05) is 13.0 Å². The first-order valence-corrected chi connectivity index (χ1v) is 11.8. The molecule has 2 aromatic carbocycles. The Bertz CT molecular complexity index is 1050. The number of anilines is 1. The van der Waals surface area contributed by atoms with Crippen LogP contribution in [0.15, 0.2) is 53.4 Å². The highest BCUT2D eigenvalue weighted by atomic mass is 32.2. The summed E-state index contributed by atoms with van der Waals surface area (Å²) in [5.74, 6) is -1.51. The van der Waals surface area contributed by atoms with Crippen molar-refractivity contribution < 1.29 is 27.1 Å². The predicted molar refractivity (Wildman–Crippen MR) is 117 cm³/mol. The van der Waals surface area contributed by atoms with Crippen LogP contribution < -0.4 is 10.2 Å². The van der Waals surface area contributed by atoms with Gasteiger partial charge in [0.25, 0.3) is 5.91 Å². The van der Waals surface area contributed by atoms with Gasteiger partial charge in [0.2, 0.25) is 10.0 Å². The van der Waals surface area contributed by atoms with Crippen molar-refractivity contribution in [1.29, 1.82) is 0 Å². The lowest BCUT2D eigenvalue weighted by molar-refractivity contribution is -0.124. The number of benzene rings is 2. The third kappa shape index (κ3) is 5.83. The maximum Gasteiger partial charge on any atom is 0.338 e. The van der Waals surface area contributed by atoms with E-state index in [4.69, 9.17) is 4.74 Å². The number of nitrogens with one attached hydrogen (secondary N) is 1. The highest BCUT2D eigenvalue weighted by Crippen LogP contribution is 2.22. The molecule has 3 rings (SSSR count). The van der Waals surface area contributed by atoms with Crippen molar-refractivity contribution in [3.8, 4) is 0 Å². The number of piperazine rings is 1. The molecule has 1 fully saturated rings. The van der Waals surface area contributed by atoms with E-state index in [0.29, 0.717) is 19.6 Å². The molecule has 0 radical (unpaired) electrons. The first-order valence-electron chi connectivity index (χ1n) is 10.4. The Balaban J connectivity index is 1.63. The Kier molecular flexibility index (Phi) is 7.81. The Morgan fingerprint density at radius 3 is 2.41 bits per heavy atom. The second kappa shape index (κ2) is 10.6. The summed E-state index contributed by atoms with van der Waals surface area (Å²) in [4.78, 5) is 25.8. The van der Waals surface area contributed by atoms with Crippen LogP contribution in [0, 0.1) is 5.82 Å². The molecular formula is C22H26FN3O5S. The highest BCUT2D eigenvalue weighted by molar-refractivity contribution is 7.89. The van der Waals surface area contributed by atoms with E-state index < -0.39 is 28.5 Å². The molecule has 1 heterocycles. The van der Waals surface area contributed by atoms with Gasteiger partial charge in [0.1, 0.15) is 5.82 Å². The molecule has 10 heteroatoms. The summed E-state index contributed by atoms with van der Waals surface area (Å²) >= 11 is 0. The Labute approximate surface area is 187 Å². The summed E-state index contributed by atoms with van der Waals surface area (Å²) in [6.45, 7) is 3.39. The van der Waals surface area contributed by atoms with E-state index in [2.05, 4.69) is 5.32 Å². The molecule has 32 heavy (non-hydrogen) atoms. The largest absolute Gasteiger partial charge is 0.452 e. The van der Waals surface area contributed by atoms with Crippen molar-refractivity contribution in [2.24, 2.45) is 0 Å². The normalized spacial score (nSPS) is 14.8. The molecule has 0 saturated carbocycles. The van der Waals surface area contributed by atoms with E-state index in [9.17, 15) is 22.4 Å². The van der Waals surface area contributed by atoms with Crippen LogP contribution in [0.5, 0.6) is 0 Å². The van der Waals surface area contributed by atoms with Crippen LogP contribution in [-0.2, 0) is 19.6 Å². The van der Waals surface area contributed by atoms with E-state index in [1.165, 1.54) is 40.7 Å². The zero-order chi connectivity index (χ0) is 23.1. The molecule has 1 saturated heterocycles. The highest BCUT2D eigenvalue weighted by Gasteiger charge is 2.29. The number of sulfonamides is 1. The second-order valence-corrected chi connectivity index (χ2v) is 9.26. The number of ether oxygens (including phenoxy) is 1. The van der Waals surface area contributed by atoms with E-state index in [0.717, 1.165) is 12.1 Å². The molecular weight excluding hydrogens is 437 g/mol. The number of nitrogens with zero attached hydrogens (tertiary/aromatic N) is 2. The van der Waals surface area contributed by atoms with Gasteiger partial charge in [-0.3, -0.25) is 4.79 Å². The van der Waals surface area contributed by atoms with Crippen molar-refractivity contribution in [1.82, 2.24) is 9.62 Å². The zero-order valence-electron chi connectivity index (χ0n) is 17.8. The van der Waals surface area contributed by atoms with Crippen LogP contribution in [0.1, 0.15) is 23.7 Å². The molecule has 0 aliphatic carbocycles. The minimum atomic E-state index is -3.81. The molecule has 0 aromatic heterocycles. The van der Waals surface area contributed by atoms with Gasteiger partial charge in [0.15, 0.2) is 6.61 Å². The van der Waals surface area contributed by atoms with Crippen molar-refractivity contribution in [3.05, 3.63) is 59.9 Å². The lowest BCUT2D eigenvalue weighted by Crippen LogP contribution is -2.48. The molecule has 8 nitrogen and oxygen atoms in total. The minimum Gasteiger partial charge on any atom is -0.452 e. The Hall–Kier alpha value is -2.98. The van der Waals surface area contributed by atoms with E-state index in [-0.39, 0.29) is 29.4 Å². The summed E-state index contributed by atoms with van der Waals surface area (Å²) in [6, 6.07) is 11.7. The second-order valence-electron chi connectivity index (χ2n) is 7.32. The Morgan fingerprint density at radius 2 is 1.75 bits per heavy atom. The standard InChI is InChI=1S/C22H26FN3O5S/c1-2-10-24-21(27)16-31-22(28)17-4-3-5-20(15-17)32(29,30)26-13-11-25(12-14-26)19-8-6-18(23)7-9-19/h3-9,15H,2,10-14,16H2,1H3,(H,24,27). The topological polar surface area (TPSA) is 96.0 Å². The first kappa shape index (κ1) is 23.7. The summed E-state index contributed by atoms with van der Waals surface area (Å²) < 4.78 is 45.6. The van der Waals surface area contributed by atoms with E-state index in [1.807, 2.05) is 11.8 Å². The summed E-state index contributed by atoms with van der Waals surface area (Å²) in [5, 5.41) is 2.59. The molecule has 1 aliphatic rings. The number of halogens is 1. The number of rotatable bonds is 8. The van der Waals surface area contributed by atoms with Crippen LogP contribution in [0.3, 0.4) is 0 Å². The van der Waals surface area contributed by atoms with Gasteiger partial charge >= 0.3 is 5.97 Å². The Morgan fingerprint density at radius 1 is 1.06 bits per heavy atom. The van der Waals surface area contributed by atoms with Gasteiger partial charge in [-0.25, -0.2) is 17.6 Å². The SMILES string of the molecule is CCCNC(=O)COC(=O)c1cccc(S(=O)(=O)N2CCN(c3ccc(F)cc3)CC2)c1. The number of amides is 1. The molecule has 172 valence electrons. The molecule has 2 aromatic rings. The van der Waals surface area contributed by atoms with Crippen LogP contribution in [0.4, 0.5) is 10.1 Å². The maximum absolute atomic E-state index is 13.1. The first-order chi connectivity index (χ1) is 15.3. The van der Waals surface area contributed by atoms with Crippen molar-refractivity contribution in [3.63, 3.8) is 0 Å². The number of hydrogen-bond donors (Lipinski definition) is 1. The van der Waals surface area contributed by atoms with Crippen LogP contribution >= 0.6 is 0 Å². The van der Waals surface area contributed by atoms with Crippen molar-refractivity contribution >= 4 is 27.6 Å². The number of carbonyl (C=O) groups excluding carboxylic acids is 2. The number of carbonyl (C=O) groups is 2. The molecule has 1 amide bonds. The van der Waals surface area contributed by atoms with E-state index >= 15 is 0 Å². The molecule has 0 bridgehead atoms. The fourth-order valence-corrected chi connectivity index (χ4v) is 4.77. The molecule has 1 N–H and O–H groups in total. The molecule has 0 unspecified atom stereocenters. The summed E-state index contributed by atoms with van der Waals surface area (Å²) in [5.41, 5.74) is 0.885. The average Bonchev–Trinajstić information content (AvgIpc) is 2.81. The summed E-state index contributed by atoms with van der Waals surface area (Å²) in [7, 11) is -3.81. The lowest BCUT2D eigenvalue weighted by atomic mass is 10.2. The van der Waals surface area contributed by atoms with Crippen molar-refractivity contribution in [2.75, 3.05) is 44.2 Å². The fourth-order valence-electron chi connectivity index (χ4n) is 3.30. The van der Waals surface area contributed by atoms with Gasteiger partial charge < -0.3 is 15.0 Å². The summed E-state index contributed by atoms with van der Waals surface area (Å²) in [6.07, 6.45) is 0.762. The monoisotopic (exact) mass is 463 g/mol. The third-order valence-corrected chi connectivity index (χ3v) is 6.94. The van der Waals surface area contributed by atoms with Gasteiger partial charge in [0.05, 0.1) is 10.5 Å². The van der Waals surface area contributed by atoms with Crippen LogP contribution in [0.2, 0.25) is 0 Å². The quantitative estimate of drug-likeness (QED) is 0.602. The van der Waals surface area contributed by atoms with Gasteiger partial charge in [-0.15, -0.1) is 0 Å². The molecule has 1 aliphatic heterocycles. The third-order valence-electron chi connectivity index (χ3n) is 5.04. The lowest BCUT2D eigenvalue weighted by Gasteiger charge is -2.35. The maximum atomic E-state index is 13.1. The zero-order valence-corrected chi connectivity index (χ0v) is 18.6. The van der Waals surface area contributed by atoms with Gasteiger partial charge in [0, 0.05) is 38.4 Å². The van der Waals surface area contributed by atoms with Crippen LogP contribution in [-0.4, -0.2) is 63.9 Å². The molecule has 0 atom stereocenters. The van der Waals surface area contributed by atoms with Crippen molar-refractivity contribution in [2.45, 2.75) is 18.2 Å². The van der Waals surface area contributed by atoms with Gasteiger partial charge in [-0.2, -0.15) is 4.31 Å². The number of hydrogen-bond acceptors (Lipinski definition) is 6. The smallest absolute Gasteiger partial charge is 0.338 e. The van der Waals surface area contributed by atoms with Gasteiger partial charge in [-0.05, 0) is 48.9 Å². The fraction of sp³-hybridized carbons (Fsp3) is 0.364. The van der Waals surface area contributed by atoms with E-state index in [1.54, 1.807) is 12.1 Å².